The van der Waals surface area contributed by atoms with Gasteiger partial charge >= 0.3 is 0 Å². The van der Waals surface area contributed by atoms with E-state index in [1.165, 1.54) is 38.5 Å². The van der Waals surface area contributed by atoms with Gasteiger partial charge in [0.05, 0.1) is 5.55 Å². The topological polar surface area (TPSA) is 38.4 Å². The molecule has 0 saturated heterocycles. The molecular formula is C11H18N2S. The average molecular weight is 210 g/mol. The first-order valence-corrected chi connectivity index (χ1v) is 6.57. The third kappa shape index (κ3) is 1.37. The van der Waals surface area contributed by atoms with Gasteiger partial charge in [0.25, 0.3) is 0 Å². The molecule has 0 aliphatic heterocycles. The Balaban J connectivity index is 1.80. The van der Waals surface area contributed by atoms with Gasteiger partial charge < -0.3 is 5.84 Å². The maximum absolute atomic E-state index is 5.21. The Morgan fingerprint density at radius 1 is 1.07 bits per heavy atom. The number of hydrogen-bond acceptors (Lipinski definition) is 3. The van der Waals surface area contributed by atoms with Crippen LogP contribution in [0.4, 0.5) is 0 Å². The summed E-state index contributed by atoms with van der Waals surface area (Å²) in [6, 6.07) is 0. The van der Waals surface area contributed by atoms with Crippen LogP contribution >= 0.6 is 11.8 Å². The fourth-order valence-corrected chi connectivity index (χ4v) is 5.60. The first-order chi connectivity index (χ1) is 6.80. The molecule has 4 bridgehead atoms. The Bertz CT molecular complexity index is 227. The predicted octanol–water partition coefficient (Wildman–Crippen LogP) is 2.59. The van der Waals surface area contributed by atoms with Crippen LogP contribution in [0.25, 0.3) is 0 Å². The van der Waals surface area contributed by atoms with Crippen molar-refractivity contribution in [1.29, 1.82) is 0 Å². The molecule has 0 unspecified atom stereocenters. The highest BCUT2D eigenvalue weighted by molar-refractivity contribution is 8.13. The van der Waals surface area contributed by atoms with Crippen LogP contribution in [0.1, 0.15) is 38.5 Å². The molecular weight excluding hydrogens is 192 g/mol. The average Bonchev–Trinajstić information content (AvgIpc) is 2.12. The zero-order valence-electron chi connectivity index (χ0n) is 8.48. The summed E-state index contributed by atoms with van der Waals surface area (Å²) in [6.07, 6.45) is 8.82. The molecule has 4 saturated carbocycles. The number of hydrazone groups is 1. The summed E-state index contributed by atoms with van der Waals surface area (Å²) in [6.45, 7) is 0. The fraction of sp³-hybridized carbons (Fsp3) is 0.909. The molecule has 14 heavy (non-hydrogen) atoms. The number of thioether (sulfide) groups is 1. The van der Waals surface area contributed by atoms with Crippen LogP contribution in [-0.4, -0.2) is 10.3 Å². The number of nitrogens with two attached hydrogens (primary N) is 1. The Morgan fingerprint density at radius 3 is 2.00 bits per heavy atom. The van der Waals surface area contributed by atoms with E-state index in [1.807, 2.05) is 17.3 Å². The van der Waals surface area contributed by atoms with Crippen molar-refractivity contribution in [2.45, 2.75) is 43.3 Å². The van der Waals surface area contributed by atoms with Crippen molar-refractivity contribution in [3.8, 4) is 0 Å². The van der Waals surface area contributed by atoms with E-state index in [9.17, 15) is 0 Å². The lowest BCUT2D eigenvalue weighted by Crippen LogP contribution is -2.48. The lowest BCUT2D eigenvalue weighted by molar-refractivity contribution is 0.0388. The van der Waals surface area contributed by atoms with E-state index in [1.54, 1.807) is 0 Å². The zero-order valence-corrected chi connectivity index (χ0v) is 9.30. The molecule has 2 N–H and O–H groups in total. The van der Waals surface area contributed by atoms with E-state index >= 15 is 0 Å². The molecule has 0 aromatic heterocycles. The highest BCUT2D eigenvalue weighted by Gasteiger charge is 2.50. The quantitative estimate of drug-likeness (QED) is 0.329. The van der Waals surface area contributed by atoms with Gasteiger partial charge in [-0.05, 0) is 56.3 Å². The summed E-state index contributed by atoms with van der Waals surface area (Å²) < 4.78 is 0.539. The molecule has 3 heteroatoms. The Kier molecular flexibility index (Phi) is 2.05. The Labute approximate surface area is 89.7 Å². The minimum Gasteiger partial charge on any atom is -0.323 e. The van der Waals surface area contributed by atoms with Crippen LogP contribution in [0, 0.1) is 17.8 Å². The molecule has 0 heterocycles. The smallest absolute Gasteiger partial charge is 0.0800 e. The monoisotopic (exact) mass is 210 g/mol. The highest BCUT2D eigenvalue weighted by atomic mass is 32.2. The van der Waals surface area contributed by atoms with Crippen LogP contribution in [0.15, 0.2) is 5.10 Å². The predicted molar refractivity (Wildman–Crippen MR) is 61.2 cm³/mol. The standard InChI is InChI=1S/C11H18N2S/c12-13-7-14-11-4-8-1-9(5-11)3-10(2-8)6-11/h7-10H,1-6,12H2/b13-7+. The summed E-state index contributed by atoms with van der Waals surface area (Å²) in [5.74, 6) is 8.29. The van der Waals surface area contributed by atoms with Crippen molar-refractivity contribution < 1.29 is 0 Å². The van der Waals surface area contributed by atoms with E-state index in [0.717, 1.165) is 17.8 Å². The summed E-state index contributed by atoms with van der Waals surface area (Å²) in [4.78, 5) is 0. The first-order valence-electron chi connectivity index (χ1n) is 5.69. The molecule has 4 aliphatic carbocycles. The van der Waals surface area contributed by atoms with Crippen LogP contribution in [0.3, 0.4) is 0 Å². The molecule has 0 spiro atoms. The van der Waals surface area contributed by atoms with Crippen molar-refractivity contribution >= 4 is 17.3 Å². The maximum atomic E-state index is 5.21. The molecule has 2 nitrogen and oxygen atoms in total. The summed E-state index contributed by atoms with van der Waals surface area (Å²) in [5, 5.41) is 3.65. The number of hydrogen-bond donors (Lipinski definition) is 1. The van der Waals surface area contributed by atoms with Gasteiger partial charge in [0.1, 0.15) is 0 Å². The third-order valence-electron chi connectivity index (χ3n) is 4.35. The third-order valence-corrected chi connectivity index (χ3v) is 5.57. The summed E-state index contributed by atoms with van der Waals surface area (Å²) in [7, 11) is 0. The summed E-state index contributed by atoms with van der Waals surface area (Å²) >= 11 is 1.92. The van der Waals surface area contributed by atoms with Gasteiger partial charge in [-0.1, -0.05) is 0 Å². The molecule has 0 radical (unpaired) electrons. The lowest BCUT2D eigenvalue weighted by Gasteiger charge is -2.55. The first kappa shape index (κ1) is 9.08. The molecule has 78 valence electrons. The van der Waals surface area contributed by atoms with Gasteiger partial charge in [0, 0.05) is 4.75 Å². The second-order valence-corrected chi connectivity index (χ2v) is 6.79. The van der Waals surface area contributed by atoms with Crippen LogP contribution in [0.5, 0.6) is 0 Å². The van der Waals surface area contributed by atoms with Gasteiger partial charge in [-0.15, -0.1) is 11.8 Å². The zero-order chi connectivity index (χ0) is 9.60. The minimum absolute atomic E-state index is 0.539. The van der Waals surface area contributed by atoms with E-state index in [0.29, 0.717) is 4.75 Å². The van der Waals surface area contributed by atoms with Crippen molar-refractivity contribution in [2.24, 2.45) is 28.7 Å². The van der Waals surface area contributed by atoms with Crippen LogP contribution in [0.2, 0.25) is 0 Å². The number of nitrogens with zero attached hydrogens (tertiary/aromatic N) is 1. The normalized spacial score (nSPS) is 50.4. The Morgan fingerprint density at radius 2 is 1.57 bits per heavy atom. The molecule has 4 aliphatic rings. The van der Waals surface area contributed by atoms with E-state index < -0.39 is 0 Å². The van der Waals surface area contributed by atoms with Gasteiger partial charge in [-0.2, -0.15) is 5.10 Å². The largest absolute Gasteiger partial charge is 0.323 e. The van der Waals surface area contributed by atoms with E-state index in [4.69, 9.17) is 5.84 Å². The van der Waals surface area contributed by atoms with Crippen molar-refractivity contribution in [2.75, 3.05) is 0 Å². The Hall–Kier alpha value is -0.180. The number of rotatable bonds is 2. The molecule has 4 fully saturated rings. The van der Waals surface area contributed by atoms with Gasteiger partial charge in [-0.3, -0.25) is 0 Å². The molecule has 0 aromatic rings. The summed E-state index contributed by atoms with van der Waals surface area (Å²) in [5.41, 5.74) is 1.87. The SMILES string of the molecule is N/N=C/SC12CC3CC(CC(C3)C1)C2. The van der Waals surface area contributed by atoms with E-state index in [-0.39, 0.29) is 0 Å². The van der Waals surface area contributed by atoms with Crippen molar-refractivity contribution in [3.63, 3.8) is 0 Å². The second-order valence-electron chi connectivity index (χ2n) is 5.47. The minimum atomic E-state index is 0.539. The second kappa shape index (κ2) is 3.16. The maximum Gasteiger partial charge on any atom is 0.0800 e. The van der Waals surface area contributed by atoms with Crippen LogP contribution < -0.4 is 5.84 Å². The molecule has 0 aromatic carbocycles. The highest BCUT2D eigenvalue weighted by Crippen LogP contribution is 2.60. The van der Waals surface area contributed by atoms with Gasteiger partial charge in [0.15, 0.2) is 0 Å². The molecule has 4 rings (SSSR count). The van der Waals surface area contributed by atoms with Crippen molar-refractivity contribution in [3.05, 3.63) is 0 Å². The fourth-order valence-electron chi connectivity index (χ4n) is 4.32. The molecule has 0 amide bonds. The lowest BCUT2D eigenvalue weighted by atomic mass is 9.56. The van der Waals surface area contributed by atoms with Gasteiger partial charge in [-0.25, -0.2) is 0 Å². The van der Waals surface area contributed by atoms with Crippen LogP contribution in [-0.2, 0) is 0 Å². The van der Waals surface area contributed by atoms with Crippen molar-refractivity contribution in [1.82, 2.24) is 0 Å². The van der Waals surface area contributed by atoms with E-state index in [2.05, 4.69) is 5.10 Å². The van der Waals surface area contributed by atoms with Gasteiger partial charge in [0.2, 0.25) is 0 Å². The molecule has 0 atom stereocenters.